The number of phosphoric acid groups is 1. The highest BCUT2D eigenvalue weighted by molar-refractivity contribution is 7.47. The lowest BCUT2D eigenvalue weighted by molar-refractivity contribution is -0.870. The maximum atomic E-state index is 12.9. The summed E-state index contributed by atoms with van der Waals surface area (Å²) in [6, 6.07) is 0. The molecule has 0 aliphatic rings. The van der Waals surface area contributed by atoms with E-state index >= 15 is 0 Å². The van der Waals surface area contributed by atoms with Gasteiger partial charge in [0.2, 0.25) is 0 Å². The van der Waals surface area contributed by atoms with Crippen LogP contribution in [0.25, 0.3) is 0 Å². The molecular formula is C78H137NO8P+. The van der Waals surface area contributed by atoms with E-state index in [-0.39, 0.29) is 32.0 Å². The molecule has 0 aromatic heterocycles. The number of hydrogen-bond donors (Lipinski definition) is 1. The summed E-state index contributed by atoms with van der Waals surface area (Å²) in [5, 5.41) is 0. The van der Waals surface area contributed by atoms with Crippen LogP contribution < -0.4 is 0 Å². The Morgan fingerprint density at radius 1 is 0.352 bits per heavy atom. The largest absolute Gasteiger partial charge is 0.472 e. The van der Waals surface area contributed by atoms with Gasteiger partial charge in [0.25, 0.3) is 0 Å². The Labute approximate surface area is 543 Å². The highest BCUT2D eigenvalue weighted by Gasteiger charge is 2.27. The summed E-state index contributed by atoms with van der Waals surface area (Å²) < 4.78 is 34.7. The lowest BCUT2D eigenvalue weighted by Gasteiger charge is -2.24. The van der Waals surface area contributed by atoms with E-state index in [1.165, 1.54) is 180 Å². The summed E-state index contributed by atoms with van der Waals surface area (Å²) in [5.41, 5.74) is 0. The molecule has 1 N–H and O–H groups in total. The molecule has 0 aliphatic heterocycles. The summed E-state index contributed by atoms with van der Waals surface area (Å²) in [6.45, 7) is 4.23. The van der Waals surface area contributed by atoms with Crippen LogP contribution in [0.4, 0.5) is 0 Å². The predicted octanol–water partition coefficient (Wildman–Crippen LogP) is 23.8. The summed E-state index contributed by atoms with van der Waals surface area (Å²) in [4.78, 5) is 35.9. The van der Waals surface area contributed by atoms with Crippen LogP contribution in [0.3, 0.4) is 0 Å². The van der Waals surface area contributed by atoms with Crippen LogP contribution in [-0.4, -0.2) is 74.9 Å². The van der Waals surface area contributed by atoms with Crippen molar-refractivity contribution in [3.63, 3.8) is 0 Å². The van der Waals surface area contributed by atoms with Gasteiger partial charge in [0.15, 0.2) is 6.10 Å². The number of phosphoric ester groups is 1. The molecule has 506 valence electrons. The van der Waals surface area contributed by atoms with E-state index in [4.69, 9.17) is 18.5 Å². The standard InChI is InChI=1S/C78H136NO8P/c1-6-8-10-12-14-16-18-20-22-24-26-28-30-32-33-34-35-36-37-38-39-40-41-42-43-44-45-47-49-51-53-55-57-59-61-63-65-67-69-71-78(81)87-76(75-86-88(82,83)85-73-72-79(3,4)5)74-84-77(80)70-68-66-64-62-60-58-56-54-52-50-48-46-31-29-27-25-23-21-19-17-15-13-11-9-7-2/h8-11,14-17,20-23,26-29,32-33,35-36,76H,6-7,12-13,18-19,24-25,30-31,34,37-75H2,1-5H3/p+1/b10-8-,11-9-,16-14-,17-15-,22-20-,23-21-,28-26-,29-27-,33-32-,36-35-. The first-order valence-electron chi connectivity index (χ1n) is 36.3. The molecule has 0 fully saturated rings. The molecule has 0 amide bonds. The molecule has 88 heavy (non-hydrogen) atoms. The molecule has 2 unspecified atom stereocenters. The van der Waals surface area contributed by atoms with E-state index in [1.54, 1.807) is 0 Å². The van der Waals surface area contributed by atoms with E-state index in [0.29, 0.717) is 17.4 Å². The monoisotopic (exact) mass is 1250 g/mol. The average molecular weight is 1250 g/mol. The molecule has 0 heterocycles. The number of carbonyl (C=O) groups excluding carboxylic acids is 2. The Hall–Kier alpha value is -3.59. The number of carbonyl (C=O) groups is 2. The van der Waals surface area contributed by atoms with Gasteiger partial charge in [-0.15, -0.1) is 0 Å². The van der Waals surface area contributed by atoms with Crippen LogP contribution in [0.15, 0.2) is 122 Å². The van der Waals surface area contributed by atoms with E-state index in [1.807, 2.05) is 21.1 Å². The van der Waals surface area contributed by atoms with Crippen molar-refractivity contribution in [3.8, 4) is 0 Å². The number of ether oxygens (including phenoxy) is 2. The number of nitrogens with zero attached hydrogens (tertiary/aromatic N) is 1. The third-order valence-electron chi connectivity index (χ3n) is 15.5. The quantitative estimate of drug-likeness (QED) is 0.0211. The molecule has 0 saturated carbocycles. The van der Waals surface area contributed by atoms with Gasteiger partial charge in [-0.2, -0.15) is 0 Å². The summed E-state index contributed by atoms with van der Waals surface area (Å²) in [5.74, 6) is -0.792. The molecule has 0 aliphatic carbocycles. The number of likely N-dealkylation sites (N-methyl/N-ethyl adjacent to an activating group) is 1. The second-order valence-corrected chi connectivity index (χ2v) is 26.7. The molecule has 0 rings (SSSR count). The average Bonchev–Trinajstić information content (AvgIpc) is 3.68. The van der Waals surface area contributed by atoms with Crippen molar-refractivity contribution in [2.45, 2.75) is 315 Å². The third kappa shape index (κ3) is 71.5. The molecule has 0 saturated heterocycles. The van der Waals surface area contributed by atoms with Crippen LogP contribution in [0.1, 0.15) is 309 Å². The minimum atomic E-state index is -4.40. The molecule has 0 radical (unpaired) electrons. The van der Waals surface area contributed by atoms with Gasteiger partial charge in [-0.05, 0) is 103 Å². The smallest absolute Gasteiger partial charge is 0.462 e. The van der Waals surface area contributed by atoms with Crippen molar-refractivity contribution in [3.05, 3.63) is 122 Å². The minimum Gasteiger partial charge on any atom is -0.462 e. The van der Waals surface area contributed by atoms with Gasteiger partial charge >= 0.3 is 19.8 Å². The molecule has 9 nitrogen and oxygen atoms in total. The van der Waals surface area contributed by atoms with Gasteiger partial charge in [-0.3, -0.25) is 18.6 Å². The molecule has 0 bridgehead atoms. The lowest BCUT2D eigenvalue weighted by atomic mass is 10.0. The lowest BCUT2D eigenvalue weighted by Crippen LogP contribution is -2.37. The zero-order chi connectivity index (χ0) is 64.1. The Balaban J connectivity index is 3.99. The second kappa shape index (κ2) is 67.8. The summed E-state index contributed by atoms with van der Waals surface area (Å²) in [6.07, 6.45) is 97.4. The van der Waals surface area contributed by atoms with Crippen LogP contribution in [0, 0.1) is 0 Å². The first kappa shape index (κ1) is 84.4. The van der Waals surface area contributed by atoms with Crippen LogP contribution in [0.5, 0.6) is 0 Å². The van der Waals surface area contributed by atoms with Gasteiger partial charge < -0.3 is 18.9 Å². The Morgan fingerprint density at radius 2 is 0.614 bits per heavy atom. The summed E-state index contributed by atoms with van der Waals surface area (Å²) >= 11 is 0. The highest BCUT2D eigenvalue weighted by Crippen LogP contribution is 2.43. The minimum absolute atomic E-state index is 0.0287. The maximum absolute atomic E-state index is 12.9. The third-order valence-corrected chi connectivity index (χ3v) is 16.5. The SMILES string of the molecule is CC/C=C\C/C=C\C/C=C\C/C=C\C/C=C\C/C=C\CCCCCCCCCCCCCCCCCCCCCCC(=O)OC(COC(=O)CCCCCCCCCCCCCC/C=C\C/C=C\C/C=C\C/C=C\CC)COP(=O)(O)OCC[N+](C)(C)C. The number of quaternary nitrogens is 1. The molecule has 2 atom stereocenters. The van der Waals surface area contributed by atoms with Gasteiger partial charge in [0.05, 0.1) is 27.7 Å². The maximum Gasteiger partial charge on any atom is 0.472 e. The van der Waals surface area contributed by atoms with Crippen molar-refractivity contribution < 1.29 is 42.1 Å². The Morgan fingerprint density at radius 3 is 0.909 bits per heavy atom. The first-order chi connectivity index (χ1) is 43.0. The number of rotatable bonds is 66. The predicted molar refractivity (Wildman–Crippen MR) is 381 cm³/mol. The van der Waals surface area contributed by atoms with E-state index in [0.717, 1.165) is 96.3 Å². The second-order valence-electron chi connectivity index (χ2n) is 25.2. The Bertz CT molecular complexity index is 1900. The van der Waals surface area contributed by atoms with Crippen LogP contribution >= 0.6 is 7.82 Å². The van der Waals surface area contributed by atoms with Crippen molar-refractivity contribution in [1.29, 1.82) is 0 Å². The van der Waals surface area contributed by atoms with E-state index < -0.39 is 26.5 Å². The normalized spacial score (nSPS) is 13.8. The Kier molecular flexibility index (Phi) is 65.0. The fourth-order valence-corrected chi connectivity index (χ4v) is 10.8. The molecule has 0 aromatic carbocycles. The van der Waals surface area contributed by atoms with Crippen molar-refractivity contribution in [1.82, 2.24) is 0 Å². The van der Waals surface area contributed by atoms with Crippen molar-refractivity contribution in [2.24, 2.45) is 0 Å². The van der Waals surface area contributed by atoms with Gasteiger partial charge in [-0.25, -0.2) is 4.57 Å². The molecule has 0 spiro atoms. The number of hydrogen-bond acceptors (Lipinski definition) is 7. The zero-order valence-electron chi connectivity index (χ0n) is 57.7. The van der Waals surface area contributed by atoms with Crippen molar-refractivity contribution in [2.75, 3.05) is 47.5 Å². The zero-order valence-corrected chi connectivity index (χ0v) is 58.6. The van der Waals surface area contributed by atoms with E-state index in [2.05, 4.69) is 135 Å². The molecule has 10 heteroatoms. The van der Waals surface area contributed by atoms with E-state index in [9.17, 15) is 19.0 Å². The fourth-order valence-electron chi connectivity index (χ4n) is 10.0. The number of allylic oxidation sites excluding steroid dienone is 20. The van der Waals surface area contributed by atoms with Crippen molar-refractivity contribution >= 4 is 19.8 Å². The first-order valence-corrected chi connectivity index (χ1v) is 37.8. The van der Waals surface area contributed by atoms with Crippen LogP contribution in [-0.2, 0) is 32.7 Å². The number of esters is 2. The molecular weight excluding hydrogens is 1110 g/mol. The fraction of sp³-hybridized carbons (Fsp3) is 0.718. The van der Waals surface area contributed by atoms with Gasteiger partial charge in [0, 0.05) is 12.8 Å². The summed E-state index contributed by atoms with van der Waals surface area (Å²) in [7, 11) is 1.48. The molecule has 0 aromatic rings. The van der Waals surface area contributed by atoms with Gasteiger partial charge in [0.1, 0.15) is 19.8 Å². The highest BCUT2D eigenvalue weighted by atomic mass is 31.2. The van der Waals surface area contributed by atoms with Gasteiger partial charge in [-0.1, -0.05) is 315 Å². The topological polar surface area (TPSA) is 108 Å². The van der Waals surface area contributed by atoms with Crippen LogP contribution in [0.2, 0.25) is 0 Å². The number of unbranched alkanes of at least 4 members (excludes halogenated alkanes) is 32.